The quantitative estimate of drug-likeness (QED) is 0.763. The molecule has 0 bridgehead atoms. The van der Waals surface area contributed by atoms with Crippen molar-refractivity contribution in [1.29, 1.82) is 0 Å². The summed E-state index contributed by atoms with van der Waals surface area (Å²) >= 11 is 0. The highest BCUT2D eigenvalue weighted by Crippen LogP contribution is 2.25. The molecule has 0 fully saturated rings. The van der Waals surface area contributed by atoms with Crippen LogP contribution in [-0.2, 0) is 0 Å². The Kier molecular flexibility index (Phi) is 4.16. The third-order valence-corrected chi connectivity index (χ3v) is 3.87. The molecule has 0 aliphatic heterocycles. The SMILES string of the molecule is CC(C)c1cc(=O)[nH]c2cc(NC(=O)c3ccccc3F)ccc12. The average Bonchev–Trinajstić information content (AvgIpc) is 2.54. The highest BCUT2D eigenvalue weighted by Gasteiger charge is 2.12. The number of benzene rings is 2. The van der Waals surface area contributed by atoms with Gasteiger partial charge in [-0.05, 0) is 35.7 Å². The van der Waals surface area contributed by atoms with E-state index >= 15 is 0 Å². The van der Waals surface area contributed by atoms with E-state index in [2.05, 4.69) is 10.3 Å². The van der Waals surface area contributed by atoms with Crippen molar-refractivity contribution in [2.45, 2.75) is 19.8 Å². The van der Waals surface area contributed by atoms with Crippen molar-refractivity contribution >= 4 is 22.5 Å². The molecule has 2 aromatic carbocycles. The van der Waals surface area contributed by atoms with Crippen LogP contribution in [0.4, 0.5) is 10.1 Å². The Labute approximate surface area is 138 Å². The fourth-order valence-electron chi connectivity index (χ4n) is 2.69. The van der Waals surface area contributed by atoms with Gasteiger partial charge < -0.3 is 10.3 Å². The van der Waals surface area contributed by atoms with Gasteiger partial charge in [0.1, 0.15) is 5.82 Å². The van der Waals surface area contributed by atoms with Gasteiger partial charge in [0, 0.05) is 17.1 Å². The van der Waals surface area contributed by atoms with Gasteiger partial charge in [0.2, 0.25) is 5.56 Å². The van der Waals surface area contributed by atoms with E-state index in [0.717, 1.165) is 10.9 Å². The molecule has 0 spiro atoms. The van der Waals surface area contributed by atoms with Crippen LogP contribution in [0.1, 0.15) is 35.7 Å². The number of anilines is 1. The van der Waals surface area contributed by atoms with Crippen LogP contribution in [0.5, 0.6) is 0 Å². The fourth-order valence-corrected chi connectivity index (χ4v) is 2.69. The second-order valence-corrected chi connectivity index (χ2v) is 5.94. The molecule has 0 saturated carbocycles. The molecule has 2 N–H and O–H groups in total. The first-order valence-corrected chi connectivity index (χ1v) is 7.68. The van der Waals surface area contributed by atoms with Crippen LogP contribution in [0.25, 0.3) is 10.9 Å². The third-order valence-electron chi connectivity index (χ3n) is 3.87. The van der Waals surface area contributed by atoms with Crippen molar-refractivity contribution in [3.63, 3.8) is 0 Å². The number of H-pyrrole nitrogens is 1. The van der Waals surface area contributed by atoms with Gasteiger partial charge in [0.15, 0.2) is 0 Å². The summed E-state index contributed by atoms with van der Waals surface area (Å²) < 4.78 is 13.7. The zero-order valence-electron chi connectivity index (χ0n) is 13.4. The van der Waals surface area contributed by atoms with Crippen LogP contribution in [0.3, 0.4) is 0 Å². The van der Waals surface area contributed by atoms with E-state index in [4.69, 9.17) is 0 Å². The largest absolute Gasteiger partial charge is 0.322 e. The summed E-state index contributed by atoms with van der Waals surface area (Å²) in [4.78, 5) is 26.8. The van der Waals surface area contributed by atoms with E-state index in [1.165, 1.54) is 18.2 Å². The molecule has 4 nitrogen and oxygen atoms in total. The molecule has 0 aliphatic carbocycles. The highest BCUT2D eigenvalue weighted by molar-refractivity contribution is 6.05. The van der Waals surface area contributed by atoms with E-state index in [0.29, 0.717) is 11.2 Å². The first-order valence-electron chi connectivity index (χ1n) is 7.68. The van der Waals surface area contributed by atoms with Gasteiger partial charge in [-0.2, -0.15) is 0 Å². The van der Waals surface area contributed by atoms with Crippen LogP contribution in [0, 0.1) is 5.82 Å². The molecular weight excluding hydrogens is 307 g/mol. The summed E-state index contributed by atoms with van der Waals surface area (Å²) in [5.41, 5.74) is 1.86. The molecule has 3 rings (SSSR count). The van der Waals surface area contributed by atoms with Crippen molar-refractivity contribution in [3.8, 4) is 0 Å². The molecule has 3 aromatic rings. The van der Waals surface area contributed by atoms with Gasteiger partial charge in [-0.25, -0.2) is 4.39 Å². The second-order valence-electron chi connectivity index (χ2n) is 5.94. The number of rotatable bonds is 3. The standard InChI is InChI=1S/C19H17FN2O2/c1-11(2)15-10-18(23)22-17-9-12(7-8-13(15)17)21-19(24)14-5-3-4-6-16(14)20/h3-11H,1-2H3,(H,21,24)(H,22,23). The number of halogens is 1. The van der Waals surface area contributed by atoms with Crippen LogP contribution in [-0.4, -0.2) is 10.9 Å². The average molecular weight is 324 g/mol. The van der Waals surface area contributed by atoms with Gasteiger partial charge >= 0.3 is 0 Å². The predicted molar refractivity (Wildman–Crippen MR) is 93.0 cm³/mol. The van der Waals surface area contributed by atoms with Crippen LogP contribution < -0.4 is 10.9 Å². The number of carbonyl (C=O) groups excluding carboxylic acids is 1. The Morgan fingerprint density at radius 3 is 2.58 bits per heavy atom. The van der Waals surface area contributed by atoms with Crippen molar-refractivity contribution < 1.29 is 9.18 Å². The molecule has 1 amide bonds. The Balaban J connectivity index is 1.98. The molecule has 122 valence electrons. The fraction of sp³-hybridized carbons (Fsp3) is 0.158. The summed E-state index contributed by atoms with van der Waals surface area (Å²) in [6.45, 7) is 4.03. The van der Waals surface area contributed by atoms with Gasteiger partial charge in [0.25, 0.3) is 5.91 Å². The molecule has 24 heavy (non-hydrogen) atoms. The number of aromatic nitrogens is 1. The minimum absolute atomic E-state index is 0.0259. The second kappa shape index (κ2) is 6.28. The van der Waals surface area contributed by atoms with Gasteiger partial charge in [-0.15, -0.1) is 0 Å². The zero-order chi connectivity index (χ0) is 17.3. The Bertz CT molecular complexity index is 977. The van der Waals surface area contributed by atoms with E-state index in [1.54, 1.807) is 24.3 Å². The number of hydrogen-bond donors (Lipinski definition) is 2. The van der Waals surface area contributed by atoms with Gasteiger partial charge in [0.05, 0.1) is 11.1 Å². The topological polar surface area (TPSA) is 62.0 Å². The maximum absolute atomic E-state index is 13.7. The van der Waals surface area contributed by atoms with Crippen molar-refractivity contribution in [1.82, 2.24) is 4.98 Å². The summed E-state index contributed by atoms with van der Waals surface area (Å²) in [6.07, 6.45) is 0. The van der Waals surface area contributed by atoms with Crippen molar-refractivity contribution in [2.24, 2.45) is 0 Å². The Morgan fingerprint density at radius 2 is 1.88 bits per heavy atom. The Hall–Kier alpha value is -2.95. The van der Waals surface area contributed by atoms with Crippen LogP contribution in [0.2, 0.25) is 0 Å². The normalized spacial score (nSPS) is 11.0. The highest BCUT2D eigenvalue weighted by atomic mass is 19.1. The van der Waals surface area contributed by atoms with Gasteiger partial charge in [-0.1, -0.05) is 32.0 Å². The monoisotopic (exact) mass is 324 g/mol. The molecule has 0 unspecified atom stereocenters. The lowest BCUT2D eigenvalue weighted by molar-refractivity contribution is 0.102. The lowest BCUT2D eigenvalue weighted by Gasteiger charge is -2.11. The molecule has 0 saturated heterocycles. The molecule has 1 heterocycles. The van der Waals surface area contributed by atoms with Crippen LogP contribution >= 0.6 is 0 Å². The first kappa shape index (κ1) is 15.9. The number of pyridine rings is 1. The molecule has 0 atom stereocenters. The molecule has 5 heteroatoms. The summed E-state index contributed by atoms with van der Waals surface area (Å²) in [6, 6.07) is 12.6. The lowest BCUT2D eigenvalue weighted by atomic mass is 9.99. The van der Waals surface area contributed by atoms with E-state index in [9.17, 15) is 14.0 Å². The van der Waals surface area contributed by atoms with E-state index in [-0.39, 0.29) is 17.0 Å². The van der Waals surface area contributed by atoms with Gasteiger partial charge in [-0.3, -0.25) is 9.59 Å². The first-order chi connectivity index (χ1) is 11.5. The van der Waals surface area contributed by atoms with E-state index in [1.807, 2.05) is 19.9 Å². The number of nitrogens with one attached hydrogen (secondary N) is 2. The summed E-state index contributed by atoms with van der Waals surface area (Å²) in [5.74, 6) is -0.908. The molecule has 0 aliphatic rings. The smallest absolute Gasteiger partial charge is 0.258 e. The summed E-state index contributed by atoms with van der Waals surface area (Å²) in [5, 5.41) is 3.58. The maximum atomic E-state index is 13.7. The third kappa shape index (κ3) is 3.06. The number of amides is 1. The maximum Gasteiger partial charge on any atom is 0.258 e. The minimum atomic E-state index is -0.578. The number of fused-ring (bicyclic) bond motifs is 1. The minimum Gasteiger partial charge on any atom is -0.322 e. The van der Waals surface area contributed by atoms with Crippen molar-refractivity contribution in [3.05, 3.63) is 75.8 Å². The Morgan fingerprint density at radius 1 is 1.12 bits per heavy atom. The van der Waals surface area contributed by atoms with Crippen LogP contribution in [0.15, 0.2) is 53.3 Å². The van der Waals surface area contributed by atoms with E-state index < -0.39 is 11.7 Å². The number of hydrogen-bond acceptors (Lipinski definition) is 2. The predicted octanol–water partition coefficient (Wildman–Crippen LogP) is 4.04. The molecule has 1 aromatic heterocycles. The zero-order valence-corrected chi connectivity index (χ0v) is 13.4. The number of aromatic amines is 1. The number of carbonyl (C=O) groups is 1. The molecular formula is C19H17FN2O2. The lowest BCUT2D eigenvalue weighted by Crippen LogP contribution is -2.14. The molecule has 0 radical (unpaired) electrons. The van der Waals surface area contributed by atoms with Crippen molar-refractivity contribution in [2.75, 3.05) is 5.32 Å². The summed E-state index contributed by atoms with van der Waals surface area (Å²) in [7, 11) is 0.